The van der Waals surface area contributed by atoms with Gasteiger partial charge in [0.25, 0.3) is 0 Å². The Balaban J connectivity index is 1.59. The standard InChI is InChI=1S/C23H24N6/c1-16-15-25-23(27-18-10-5-6-11-18)29-22(16)19(14-24)20-12-7-13-21(28-20)26-17-8-3-2-4-9-17/h2-4,7-9,12-13,15,18,26,28H,5-6,10-11H2,1H3,(H,25,27,29)/b20-19+. The fourth-order valence-electron chi connectivity index (χ4n) is 3.62. The summed E-state index contributed by atoms with van der Waals surface area (Å²) in [4.78, 5) is 9.09. The Hall–Kier alpha value is -3.59. The average Bonchev–Trinajstić information content (AvgIpc) is 3.25. The monoisotopic (exact) mass is 384 g/mol. The van der Waals surface area contributed by atoms with Gasteiger partial charge in [-0.15, -0.1) is 0 Å². The largest absolute Gasteiger partial charge is 0.351 e. The molecule has 4 rings (SSSR count). The van der Waals surface area contributed by atoms with E-state index in [-0.39, 0.29) is 0 Å². The highest BCUT2D eigenvalue weighted by atomic mass is 15.1. The van der Waals surface area contributed by atoms with Crippen molar-refractivity contribution in [2.75, 3.05) is 10.6 Å². The summed E-state index contributed by atoms with van der Waals surface area (Å²) in [6.45, 7) is 1.93. The molecule has 6 heteroatoms. The van der Waals surface area contributed by atoms with Gasteiger partial charge in [0, 0.05) is 17.9 Å². The van der Waals surface area contributed by atoms with Gasteiger partial charge in [0.05, 0.1) is 11.4 Å². The van der Waals surface area contributed by atoms with Gasteiger partial charge in [0.2, 0.25) is 5.95 Å². The second-order valence-electron chi connectivity index (χ2n) is 7.31. The first kappa shape index (κ1) is 18.8. The number of para-hydroxylation sites is 1. The summed E-state index contributed by atoms with van der Waals surface area (Å²) in [5.41, 5.74) is 3.70. The van der Waals surface area contributed by atoms with Crippen LogP contribution in [0.15, 0.2) is 66.3 Å². The molecule has 29 heavy (non-hydrogen) atoms. The van der Waals surface area contributed by atoms with Crippen LogP contribution in [0.25, 0.3) is 5.57 Å². The van der Waals surface area contributed by atoms with Crippen LogP contribution < -0.4 is 16.0 Å². The van der Waals surface area contributed by atoms with Crippen molar-refractivity contribution in [3.05, 3.63) is 77.5 Å². The topological polar surface area (TPSA) is 85.7 Å². The Kier molecular flexibility index (Phi) is 5.57. The summed E-state index contributed by atoms with van der Waals surface area (Å²) >= 11 is 0. The number of allylic oxidation sites excluding steroid dienone is 4. The molecular weight excluding hydrogens is 360 g/mol. The number of nitriles is 1. The normalized spacial score (nSPS) is 17.9. The minimum absolute atomic E-state index is 0.418. The molecule has 1 saturated carbocycles. The maximum absolute atomic E-state index is 9.90. The predicted molar refractivity (Wildman–Crippen MR) is 116 cm³/mol. The van der Waals surface area contributed by atoms with Gasteiger partial charge in [-0.05, 0) is 49.6 Å². The Morgan fingerprint density at radius 2 is 2.00 bits per heavy atom. The van der Waals surface area contributed by atoms with E-state index in [0.29, 0.717) is 29.0 Å². The van der Waals surface area contributed by atoms with E-state index in [9.17, 15) is 5.26 Å². The van der Waals surface area contributed by atoms with E-state index in [1.54, 1.807) is 6.20 Å². The second kappa shape index (κ2) is 8.61. The maximum Gasteiger partial charge on any atom is 0.223 e. The highest BCUT2D eigenvalue weighted by Crippen LogP contribution is 2.25. The van der Waals surface area contributed by atoms with Gasteiger partial charge in [-0.2, -0.15) is 5.26 Å². The molecule has 6 nitrogen and oxygen atoms in total. The average molecular weight is 384 g/mol. The van der Waals surface area contributed by atoms with Crippen molar-refractivity contribution >= 4 is 17.2 Å². The first-order valence-corrected chi connectivity index (χ1v) is 9.95. The fraction of sp³-hybridized carbons (Fsp3) is 0.261. The van der Waals surface area contributed by atoms with Crippen molar-refractivity contribution in [1.29, 1.82) is 5.26 Å². The fourth-order valence-corrected chi connectivity index (χ4v) is 3.62. The molecule has 0 atom stereocenters. The first-order valence-electron chi connectivity index (χ1n) is 9.95. The molecule has 0 amide bonds. The van der Waals surface area contributed by atoms with Crippen LogP contribution in [-0.4, -0.2) is 16.0 Å². The number of aromatic nitrogens is 2. The third kappa shape index (κ3) is 4.46. The number of benzene rings is 1. The van der Waals surface area contributed by atoms with Gasteiger partial charge in [-0.25, -0.2) is 9.97 Å². The lowest BCUT2D eigenvalue weighted by molar-refractivity contribution is 0.743. The molecule has 0 unspecified atom stereocenters. The van der Waals surface area contributed by atoms with Gasteiger partial charge >= 0.3 is 0 Å². The Bertz CT molecular complexity index is 1010. The minimum atomic E-state index is 0.418. The lowest BCUT2D eigenvalue weighted by atomic mass is 10.1. The van der Waals surface area contributed by atoms with Crippen molar-refractivity contribution in [3.63, 3.8) is 0 Å². The number of hydrogen-bond donors (Lipinski definition) is 3. The summed E-state index contributed by atoms with van der Waals surface area (Å²) in [6.07, 6.45) is 12.3. The van der Waals surface area contributed by atoms with Crippen LogP contribution in [0.1, 0.15) is 36.9 Å². The van der Waals surface area contributed by atoms with Gasteiger partial charge < -0.3 is 16.0 Å². The molecule has 1 aliphatic carbocycles. The van der Waals surface area contributed by atoms with E-state index in [4.69, 9.17) is 0 Å². The number of nitrogens with zero attached hydrogens (tertiary/aromatic N) is 3. The summed E-state index contributed by atoms with van der Waals surface area (Å²) < 4.78 is 0. The van der Waals surface area contributed by atoms with Gasteiger partial charge in [0.15, 0.2) is 0 Å². The van der Waals surface area contributed by atoms with Crippen molar-refractivity contribution in [2.24, 2.45) is 0 Å². The van der Waals surface area contributed by atoms with E-state index in [0.717, 1.165) is 29.9 Å². The Morgan fingerprint density at radius 3 is 2.76 bits per heavy atom. The number of anilines is 2. The molecule has 1 aromatic heterocycles. The number of hydrogen-bond acceptors (Lipinski definition) is 6. The van der Waals surface area contributed by atoms with Crippen LogP contribution >= 0.6 is 0 Å². The molecule has 2 aromatic rings. The number of aryl methyl sites for hydroxylation is 1. The second-order valence-corrected chi connectivity index (χ2v) is 7.31. The molecule has 1 aliphatic heterocycles. The molecule has 2 aliphatic rings. The van der Waals surface area contributed by atoms with Crippen molar-refractivity contribution < 1.29 is 0 Å². The van der Waals surface area contributed by atoms with E-state index >= 15 is 0 Å². The summed E-state index contributed by atoms with van der Waals surface area (Å²) in [7, 11) is 0. The molecule has 3 N–H and O–H groups in total. The third-order valence-electron chi connectivity index (χ3n) is 5.13. The molecule has 1 aromatic carbocycles. The Morgan fingerprint density at radius 1 is 1.21 bits per heavy atom. The molecule has 0 radical (unpaired) electrons. The summed E-state index contributed by atoms with van der Waals surface area (Å²) in [5, 5.41) is 20.0. The zero-order valence-electron chi connectivity index (χ0n) is 16.4. The van der Waals surface area contributed by atoms with E-state index in [2.05, 4.69) is 32.0 Å². The van der Waals surface area contributed by atoms with Gasteiger partial charge in [-0.1, -0.05) is 37.1 Å². The van der Waals surface area contributed by atoms with Crippen LogP contribution in [0.2, 0.25) is 0 Å². The summed E-state index contributed by atoms with van der Waals surface area (Å²) in [6, 6.07) is 12.6. The van der Waals surface area contributed by atoms with Crippen LogP contribution in [0.5, 0.6) is 0 Å². The molecular formula is C23H24N6. The van der Waals surface area contributed by atoms with E-state index in [1.165, 1.54) is 12.8 Å². The van der Waals surface area contributed by atoms with Crippen LogP contribution in [-0.2, 0) is 0 Å². The van der Waals surface area contributed by atoms with Crippen LogP contribution in [0, 0.1) is 18.3 Å². The Labute approximate surface area is 171 Å². The highest BCUT2D eigenvalue weighted by molar-refractivity contribution is 5.81. The van der Waals surface area contributed by atoms with Crippen molar-refractivity contribution in [2.45, 2.75) is 38.6 Å². The van der Waals surface area contributed by atoms with E-state index in [1.807, 2.05) is 55.5 Å². The van der Waals surface area contributed by atoms with Gasteiger partial charge in [-0.3, -0.25) is 0 Å². The molecule has 0 spiro atoms. The smallest absolute Gasteiger partial charge is 0.223 e. The van der Waals surface area contributed by atoms with Crippen molar-refractivity contribution in [1.82, 2.24) is 15.3 Å². The maximum atomic E-state index is 9.90. The molecule has 2 heterocycles. The lowest BCUT2D eigenvalue weighted by Crippen LogP contribution is -2.22. The minimum Gasteiger partial charge on any atom is -0.351 e. The van der Waals surface area contributed by atoms with E-state index < -0.39 is 0 Å². The molecule has 0 bridgehead atoms. The molecule has 146 valence electrons. The molecule has 1 fully saturated rings. The number of nitrogens with one attached hydrogen (secondary N) is 3. The number of rotatable bonds is 5. The molecule has 0 saturated heterocycles. The quantitative estimate of drug-likeness (QED) is 0.659. The first-order chi connectivity index (χ1) is 14.2. The highest BCUT2D eigenvalue weighted by Gasteiger charge is 2.19. The zero-order valence-corrected chi connectivity index (χ0v) is 16.4. The predicted octanol–water partition coefficient (Wildman–Crippen LogP) is 4.49. The third-order valence-corrected chi connectivity index (χ3v) is 5.13. The lowest BCUT2D eigenvalue weighted by Gasteiger charge is -2.19. The SMILES string of the molecule is Cc1cnc(NC2CCCC2)nc1/C(C#N)=C1\C=CC=C(Nc2ccccc2)N1. The zero-order chi connectivity index (χ0) is 20.1. The summed E-state index contributed by atoms with van der Waals surface area (Å²) in [5.74, 6) is 1.39. The van der Waals surface area contributed by atoms with Crippen LogP contribution in [0.4, 0.5) is 11.6 Å². The van der Waals surface area contributed by atoms with Gasteiger partial charge in [0.1, 0.15) is 17.5 Å². The van der Waals surface area contributed by atoms with Crippen molar-refractivity contribution in [3.8, 4) is 6.07 Å². The van der Waals surface area contributed by atoms with Crippen LogP contribution in [0.3, 0.4) is 0 Å². The number of dihydropyridines is 1.